The molecule has 0 aliphatic rings. The number of hydrogen-bond acceptors (Lipinski definition) is 4. The van der Waals surface area contributed by atoms with Crippen LogP contribution in [-0.4, -0.2) is 0 Å². The van der Waals surface area contributed by atoms with E-state index in [1.54, 1.807) is 41.7 Å². The molecule has 0 N–H and O–H groups in total. The molecular formula is C30H23ClO3S. The summed E-state index contributed by atoms with van der Waals surface area (Å²) in [6.45, 7) is 4.25. The van der Waals surface area contributed by atoms with Crippen LogP contribution in [0.3, 0.4) is 0 Å². The minimum atomic E-state index is -0.0423. The van der Waals surface area contributed by atoms with Crippen LogP contribution < -0.4 is 10.9 Å². The smallest absolute Gasteiger partial charge is 0.200 e. The lowest BCUT2D eigenvalue weighted by Crippen LogP contribution is -2.02. The Bertz CT molecular complexity index is 1830. The number of rotatable bonds is 2. The molecule has 6 rings (SSSR count). The lowest BCUT2D eigenvalue weighted by atomic mass is 10.1. The average Bonchev–Trinajstić information content (AvgIpc) is 2.89. The summed E-state index contributed by atoms with van der Waals surface area (Å²) in [5, 5.41) is 3.37. The van der Waals surface area contributed by atoms with Crippen LogP contribution in [0.1, 0.15) is 25.0 Å². The summed E-state index contributed by atoms with van der Waals surface area (Å²) in [7, 11) is 0. The molecule has 0 bridgehead atoms. The first-order valence-electron chi connectivity index (χ1n) is 11.6. The highest BCUT2D eigenvalue weighted by Gasteiger charge is 2.09. The minimum absolute atomic E-state index is 0.0423. The van der Waals surface area contributed by atoms with Gasteiger partial charge in [-0.2, -0.15) is 0 Å². The maximum Gasteiger partial charge on any atom is 0.200 e. The highest BCUT2D eigenvalue weighted by Crippen LogP contribution is 2.28. The summed E-state index contributed by atoms with van der Waals surface area (Å²) in [5.74, 6) is 0. The van der Waals surface area contributed by atoms with Crippen molar-refractivity contribution in [3.05, 3.63) is 115 Å². The van der Waals surface area contributed by atoms with Gasteiger partial charge in [-0.15, -0.1) is 11.3 Å². The molecule has 5 heteroatoms. The number of fused-ring (bicyclic) bond motifs is 4. The van der Waals surface area contributed by atoms with Crippen molar-refractivity contribution in [3.63, 3.8) is 0 Å². The average molecular weight is 499 g/mol. The first-order chi connectivity index (χ1) is 17.0. The first-order valence-corrected chi connectivity index (χ1v) is 12.8. The van der Waals surface area contributed by atoms with Crippen molar-refractivity contribution in [2.45, 2.75) is 26.7 Å². The maximum absolute atomic E-state index is 12.6. The van der Waals surface area contributed by atoms with Crippen LogP contribution in [-0.2, 0) is 12.8 Å². The number of halogens is 1. The molecule has 0 fully saturated rings. The van der Waals surface area contributed by atoms with Gasteiger partial charge < -0.3 is 4.42 Å². The fourth-order valence-corrected chi connectivity index (χ4v) is 5.66. The van der Waals surface area contributed by atoms with Crippen molar-refractivity contribution in [3.8, 4) is 0 Å². The second kappa shape index (κ2) is 9.65. The van der Waals surface area contributed by atoms with Gasteiger partial charge in [-0.3, -0.25) is 9.59 Å². The zero-order chi connectivity index (χ0) is 24.5. The SMILES string of the molecule is CCc1ccc2sc3c(CC)cccc3c(=O)c2c1.O=c1c2ccccc2oc2ccc(Cl)cc12. The normalized spacial score (nSPS) is 11.2. The van der Waals surface area contributed by atoms with Gasteiger partial charge in [-0.25, -0.2) is 0 Å². The third-order valence-corrected chi connectivity index (χ3v) is 7.67. The van der Waals surface area contributed by atoms with Gasteiger partial charge in [0.05, 0.1) is 10.8 Å². The summed E-state index contributed by atoms with van der Waals surface area (Å²) >= 11 is 7.60. The van der Waals surface area contributed by atoms with Crippen LogP contribution in [0.4, 0.5) is 0 Å². The summed E-state index contributed by atoms with van der Waals surface area (Å²) in [6.07, 6.45) is 1.93. The van der Waals surface area contributed by atoms with Gasteiger partial charge in [-0.1, -0.05) is 55.8 Å². The predicted molar refractivity (Wildman–Crippen MR) is 149 cm³/mol. The molecule has 0 atom stereocenters. The molecule has 4 aromatic carbocycles. The predicted octanol–water partition coefficient (Wildman–Crippen LogP) is 8.14. The summed E-state index contributed by atoms with van der Waals surface area (Å²) in [4.78, 5) is 24.8. The van der Waals surface area contributed by atoms with Crippen LogP contribution in [0.25, 0.3) is 42.1 Å². The molecule has 174 valence electrons. The Hall–Kier alpha value is -3.47. The van der Waals surface area contributed by atoms with Crippen LogP contribution >= 0.6 is 22.9 Å². The second-order valence-electron chi connectivity index (χ2n) is 8.33. The summed E-state index contributed by atoms with van der Waals surface area (Å²) < 4.78 is 7.86. The molecule has 3 nitrogen and oxygen atoms in total. The lowest BCUT2D eigenvalue weighted by molar-refractivity contribution is 0.660. The Morgan fingerprint density at radius 3 is 2.26 bits per heavy atom. The van der Waals surface area contributed by atoms with Crippen molar-refractivity contribution in [1.82, 2.24) is 0 Å². The van der Waals surface area contributed by atoms with Crippen LogP contribution in [0, 0.1) is 0 Å². The molecular weight excluding hydrogens is 476 g/mol. The van der Waals surface area contributed by atoms with E-state index in [9.17, 15) is 9.59 Å². The van der Waals surface area contributed by atoms with Crippen LogP contribution in [0.5, 0.6) is 0 Å². The van der Waals surface area contributed by atoms with E-state index < -0.39 is 0 Å². The first kappa shape index (κ1) is 23.3. The van der Waals surface area contributed by atoms with Gasteiger partial charge in [0, 0.05) is 25.2 Å². The van der Waals surface area contributed by atoms with E-state index >= 15 is 0 Å². The molecule has 2 heterocycles. The van der Waals surface area contributed by atoms with Gasteiger partial charge in [0.2, 0.25) is 5.43 Å². The Balaban J connectivity index is 0.000000147. The molecule has 2 aromatic heterocycles. The van der Waals surface area contributed by atoms with Crippen molar-refractivity contribution < 1.29 is 4.42 Å². The van der Waals surface area contributed by atoms with Crippen molar-refractivity contribution in [1.29, 1.82) is 0 Å². The zero-order valence-electron chi connectivity index (χ0n) is 19.4. The van der Waals surface area contributed by atoms with Crippen LogP contribution in [0.15, 0.2) is 92.9 Å². The molecule has 0 spiro atoms. The van der Waals surface area contributed by atoms with E-state index in [4.69, 9.17) is 16.0 Å². The monoisotopic (exact) mass is 498 g/mol. The fraction of sp³-hybridized carbons (Fsp3) is 0.133. The standard InChI is InChI=1S/C17H16OS.C13H7ClO2/c1-3-11-8-9-15-14(10-11)16(18)13-7-5-6-12(4-2)17(13)19-15;14-8-5-6-12-10(7-8)13(15)9-3-1-2-4-11(9)16-12/h5-10H,3-4H2,1-2H3;1-7H. The van der Waals surface area contributed by atoms with Crippen molar-refractivity contribution in [2.75, 3.05) is 0 Å². The molecule has 35 heavy (non-hydrogen) atoms. The van der Waals surface area contributed by atoms with E-state index in [-0.39, 0.29) is 10.9 Å². The van der Waals surface area contributed by atoms with E-state index in [1.165, 1.54) is 11.1 Å². The second-order valence-corrected chi connectivity index (χ2v) is 9.82. The third kappa shape index (κ3) is 4.36. The van der Waals surface area contributed by atoms with Crippen molar-refractivity contribution in [2.24, 2.45) is 0 Å². The molecule has 0 radical (unpaired) electrons. The topological polar surface area (TPSA) is 47.3 Å². The fourth-order valence-electron chi connectivity index (χ4n) is 4.26. The summed E-state index contributed by atoms with van der Waals surface area (Å²) in [5.41, 5.74) is 3.79. The largest absolute Gasteiger partial charge is 0.456 e. The number of para-hydroxylation sites is 1. The van der Waals surface area contributed by atoms with E-state index in [1.807, 2.05) is 30.3 Å². The Kier molecular flexibility index (Phi) is 6.42. The quantitative estimate of drug-likeness (QED) is 0.226. The highest BCUT2D eigenvalue weighted by atomic mass is 35.5. The van der Waals surface area contributed by atoms with Gasteiger partial charge >= 0.3 is 0 Å². The van der Waals surface area contributed by atoms with Crippen molar-refractivity contribution >= 4 is 65.0 Å². The molecule has 0 aliphatic carbocycles. The van der Waals surface area contributed by atoms with Gasteiger partial charge in [0.1, 0.15) is 11.2 Å². The van der Waals surface area contributed by atoms with E-state index in [0.29, 0.717) is 27.0 Å². The Morgan fingerprint density at radius 1 is 0.714 bits per heavy atom. The molecule has 0 saturated heterocycles. The molecule has 0 aliphatic heterocycles. The lowest BCUT2D eigenvalue weighted by Gasteiger charge is -2.06. The molecule has 6 aromatic rings. The molecule has 0 unspecified atom stereocenters. The van der Waals surface area contributed by atoms with E-state index in [2.05, 4.69) is 32.0 Å². The molecule has 0 saturated carbocycles. The number of hydrogen-bond donors (Lipinski definition) is 0. The van der Waals surface area contributed by atoms with E-state index in [0.717, 1.165) is 33.0 Å². The number of benzene rings is 4. The molecule has 0 amide bonds. The highest BCUT2D eigenvalue weighted by molar-refractivity contribution is 7.24. The zero-order valence-corrected chi connectivity index (χ0v) is 21.0. The van der Waals surface area contributed by atoms with Crippen LogP contribution in [0.2, 0.25) is 5.02 Å². The summed E-state index contributed by atoms with van der Waals surface area (Å²) in [6, 6.07) is 24.6. The maximum atomic E-state index is 12.6. The van der Waals surface area contributed by atoms with Gasteiger partial charge in [-0.05, 0) is 72.5 Å². The van der Waals surface area contributed by atoms with Gasteiger partial charge in [0.25, 0.3) is 0 Å². The minimum Gasteiger partial charge on any atom is -0.456 e. The van der Waals surface area contributed by atoms with Gasteiger partial charge in [0.15, 0.2) is 5.43 Å². The Labute approximate surface area is 211 Å². The Morgan fingerprint density at radius 2 is 1.46 bits per heavy atom. The third-order valence-electron chi connectivity index (χ3n) is 6.17. The number of aryl methyl sites for hydroxylation is 2.